The van der Waals surface area contributed by atoms with Gasteiger partial charge in [-0.1, -0.05) is 30.3 Å². The molecular weight excluding hydrogens is 349 g/mol. The van der Waals surface area contributed by atoms with Gasteiger partial charge >= 0.3 is 0 Å². The van der Waals surface area contributed by atoms with Crippen molar-refractivity contribution in [1.29, 1.82) is 0 Å². The number of nitrogens with zero attached hydrogens (tertiary/aromatic N) is 2. The summed E-state index contributed by atoms with van der Waals surface area (Å²) in [5.74, 6) is -0.0932. The predicted octanol–water partition coefficient (Wildman–Crippen LogP) is 2.37. The van der Waals surface area contributed by atoms with Crippen LogP contribution in [0, 0.1) is 5.82 Å². The number of hydrogen-bond donors (Lipinski definition) is 1. The number of methoxy groups -OCH3 is 1. The van der Waals surface area contributed by atoms with E-state index in [1.165, 1.54) is 28.9 Å². The fraction of sp³-hybridized carbons (Fsp3) is 0.150. The first-order valence-corrected chi connectivity index (χ1v) is 8.29. The van der Waals surface area contributed by atoms with E-state index in [0.717, 1.165) is 5.56 Å². The Balaban J connectivity index is 1.73. The summed E-state index contributed by atoms with van der Waals surface area (Å²) in [6.07, 6.45) is 0. The number of nitrogens with one attached hydrogen (secondary N) is 1. The number of hydrogen-bond acceptors (Lipinski definition) is 4. The molecule has 0 aliphatic heterocycles. The number of halogens is 1. The third-order valence-corrected chi connectivity index (χ3v) is 3.98. The maximum Gasteiger partial charge on any atom is 0.271 e. The van der Waals surface area contributed by atoms with Crippen molar-refractivity contribution >= 4 is 5.91 Å². The van der Waals surface area contributed by atoms with Crippen molar-refractivity contribution in [2.24, 2.45) is 0 Å². The molecule has 1 amide bonds. The summed E-state index contributed by atoms with van der Waals surface area (Å²) >= 11 is 0. The first kappa shape index (κ1) is 18.3. The van der Waals surface area contributed by atoms with Crippen molar-refractivity contribution in [2.75, 3.05) is 7.11 Å². The number of benzene rings is 2. The van der Waals surface area contributed by atoms with Gasteiger partial charge in [0.1, 0.15) is 17.3 Å². The van der Waals surface area contributed by atoms with E-state index in [1.807, 2.05) is 24.3 Å². The normalized spacial score (nSPS) is 10.4. The highest BCUT2D eigenvalue weighted by Gasteiger charge is 2.11. The largest absolute Gasteiger partial charge is 0.496 e. The molecule has 27 heavy (non-hydrogen) atoms. The van der Waals surface area contributed by atoms with E-state index in [0.29, 0.717) is 11.3 Å². The monoisotopic (exact) mass is 367 g/mol. The molecule has 0 radical (unpaired) electrons. The molecule has 0 spiro atoms. The SMILES string of the molecule is COc1ccccc1CNC(=O)c1ccc(=O)n(Cc2ccc(F)cc2)n1. The fourth-order valence-electron chi connectivity index (χ4n) is 2.56. The molecule has 3 rings (SSSR count). The molecule has 0 aliphatic rings. The highest BCUT2D eigenvalue weighted by molar-refractivity contribution is 5.91. The van der Waals surface area contributed by atoms with Gasteiger partial charge in [0.2, 0.25) is 0 Å². The average molecular weight is 367 g/mol. The standard InChI is InChI=1S/C20H18FN3O3/c1-27-18-5-3-2-4-15(18)12-22-20(26)17-10-11-19(25)24(23-17)13-14-6-8-16(21)9-7-14/h2-11H,12-13H2,1H3,(H,22,26). The number of carbonyl (C=O) groups is 1. The van der Waals surface area contributed by atoms with Crippen LogP contribution in [0.2, 0.25) is 0 Å². The van der Waals surface area contributed by atoms with E-state index in [4.69, 9.17) is 4.74 Å². The number of para-hydroxylation sites is 1. The summed E-state index contributed by atoms with van der Waals surface area (Å²) in [6, 6.07) is 15.8. The molecule has 1 aromatic heterocycles. The predicted molar refractivity (Wildman–Crippen MR) is 98.2 cm³/mol. The summed E-state index contributed by atoms with van der Waals surface area (Å²) < 4.78 is 19.4. The molecule has 0 saturated carbocycles. The Kier molecular flexibility index (Phi) is 5.61. The Labute approximate surface area is 155 Å². The van der Waals surface area contributed by atoms with Crippen LogP contribution in [0.4, 0.5) is 4.39 Å². The van der Waals surface area contributed by atoms with Crippen LogP contribution in [0.5, 0.6) is 5.75 Å². The molecule has 0 aliphatic carbocycles. The Morgan fingerprint density at radius 3 is 2.59 bits per heavy atom. The van der Waals surface area contributed by atoms with Crippen molar-refractivity contribution in [3.05, 3.63) is 93.7 Å². The van der Waals surface area contributed by atoms with E-state index < -0.39 is 5.91 Å². The molecule has 6 nitrogen and oxygen atoms in total. The molecule has 0 saturated heterocycles. The summed E-state index contributed by atoms with van der Waals surface area (Å²) in [7, 11) is 1.56. The topological polar surface area (TPSA) is 73.2 Å². The third-order valence-electron chi connectivity index (χ3n) is 3.98. The molecular formula is C20H18FN3O3. The molecule has 1 N–H and O–H groups in total. The zero-order valence-electron chi connectivity index (χ0n) is 14.7. The Morgan fingerprint density at radius 2 is 1.85 bits per heavy atom. The van der Waals surface area contributed by atoms with Crippen LogP contribution in [0.15, 0.2) is 65.5 Å². The van der Waals surface area contributed by atoms with Gasteiger partial charge in [-0.15, -0.1) is 0 Å². The second-order valence-electron chi connectivity index (χ2n) is 5.84. The number of carbonyl (C=O) groups excluding carboxylic acids is 1. The summed E-state index contributed by atoms with van der Waals surface area (Å²) in [4.78, 5) is 24.4. The van der Waals surface area contributed by atoms with Gasteiger partial charge in [0, 0.05) is 18.2 Å². The lowest BCUT2D eigenvalue weighted by molar-refractivity contribution is 0.0943. The maximum absolute atomic E-state index is 13.0. The molecule has 138 valence electrons. The van der Waals surface area contributed by atoms with Crippen molar-refractivity contribution in [2.45, 2.75) is 13.1 Å². The van der Waals surface area contributed by atoms with E-state index in [2.05, 4.69) is 10.4 Å². The maximum atomic E-state index is 13.0. The van der Waals surface area contributed by atoms with Gasteiger partial charge in [0.25, 0.3) is 11.5 Å². The second kappa shape index (κ2) is 8.27. The van der Waals surface area contributed by atoms with Crippen LogP contribution in [0.25, 0.3) is 0 Å². The van der Waals surface area contributed by atoms with Gasteiger partial charge in [-0.2, -0.15) is 5.10 Å². The van der Waals surface area contributed by atoms with Gasteiger partial charge in [0.05, 0.1) is 13.7 Å². The lowest BCUT2D eigenvalue weighted by atomic mass is 10.2. The summed E-state index contributed by atoms with van der Waals surface area (Å²) in [6.45, 7) is 0.411. The van der Waals surface area contributed by atoms with E-state index in [9.17, 15) is 14.0 Å². The molecule has 7 heteroatoms. The summed E-state index contributed by atoms with van der Waals surface area (Å²) in [5, 5.41) is 6.87. The molecule has 2 aromatic carbocycles. The van der Waals surface area contributed by atoms with Crippen LogP contribution >= 0.6 is 0 Å². The van der Waals surface area contributed by atoms with Crippen LogP contribution in [0.3, 0.4) is 0 Å². The molecule has 3 aromatic rings. The molecule has 1 heterocycles. The highest BCUT2D eigenvalue weighted by Crippen LogP contribution is 2.16. The van der Waals surface area contributed by atoms with Crippen molar-refractivity contribution in [3.8, 4) is 5.75 Å². The average Bonchev–Trinajstić information content (AvgIpc) is 2.69. The molecule has 0 fully saturated rings. The number of aromatic nitrogens is 2. The number of amides is 1. The minimum Gasteiger partial charge on any atom is -0.496 e. The quantitative estimate of drug-likeness (QED) is 0.726. The number of ether oxygens (including phenoxy) is 1. The van der Waals surface area contributed by atoms with Crippen LogP contribution in [-0.4, -0.2) is 22.8 Å². The van der Waals surface area contributed by atoms with Crippen LogP contribution in [0.1, 0.15) is 21.6 Å². The Bertz CT molecular complexity index is 1000. The van der Waals surface area contributed by atoms with E-state index >= 15 is 0 Å². The first-order chi connectivity index (χ1) is 13.1. The van der Waals surface area contributed by atoms with Gasteiger partial charge in [0.15, 0.2) is 0 Å². The summed E-state index contributed by atoms with van der Waals surface area (Å²) in [5.41, 5.74) is 1.30. The van der Waals surface area contributed by atoms with E-state index in [1.54, 1.807) is 19.2 Å². The zero-order valence-corrected chi connectivity index (χ0v) is 14.7. The Morgan fingerprint density at radius 1 is 1.11 bits per heavy atom. The van der Waals surface area contributed by atoms with Gasteiger partial charge in [-0.05, 0) is 29.8 Å². The van der Waals surface area contributed by atoms with E-state index in [-0.39, 0.29) is 30.2 Å². The van der Waals surface area contributed by atoms with Gasteiger partial charge < -0.3 is 10.1 Å². The minimum atomic E-state index is -0.409. The minimum absolute atomic E-state index is 0.117. The Hall–Kier alpha value is -3.48. The lowest BCUT2D eigenvalue weighted by Crippen LogP contribution is -2.29. The van der Waals surface area contributed by atoms with Gasteiger partial charge in [-0.3, -0.25) is 9.59 Å². The highest BCUT2D eigenvalue weighted by atomic mass is 19.1. The molecule has 0 atom stereocenters. The zero-order chi connectivity index (χ0) is 19.2. The van der Waals surface area contributed by atoms with Crippen LogP contribution < -0.4 is 15.6 Å². The first-order valence-electron chi connectivity index (χ1n) is 8.29. The molecule has 0 unspecified atom stereocenters. The molecule has 0 bridgehead atoms. The number of rotatable bonds is 6. The van der Waals surface area contributed by atoms with Crippen LogP contribution in [-0.2, 0) is 13.1 Å². The third kappa shape index (κ3) is 4.58. The smallest absolute Gasteiger partial charge is 0.271 e. The van der Waals surface area contributed by atoms with Gasteiger partial charge in [-0.25, -0.2) is 9.07 Å². The lowest BCUT2D eigenvalue weighted by Gasteiger charge is -2.10. The second-order valence-corrected chi connectivity index (χ2v) is 5.84. The van der Waals surface area contributed by atoms with Crippen molar-refractivity contribution in [3.63, 3.8) is 0 Å². The fourth-order valence-corrected chi connectivity index (χ4v) is 2.56. The van der Waals surface area contributed by atoms with Crippen molar-refractivity contribution in [1.82, 2.24) is 15.1 Å². The van der Waals surface area contributed by atoms with Crippen molar-refractivity contribution < 1.29 is 13.9 Å².